The van der Waals surface area contributed by atoms with E-state index in [0.29, 0.717) is 13.1 Å². The number of aromatic nitrogens is 1. The van der Waals surface area contributed by atoms with Crippen LogP contribution >= 0.6 is 11.6 Å². The van der Waals surface area contributed by atoms with Crippen molar-refractivity contribution in [1.82, 2.24) is 9.47 Å². The molecule has 0 spiro atoms. The molecule has 2 rings (SSSR count). The number of benzene rings is 1. The Bertz CT molecular complexity index is 654. The first-order valence-corrected chi connectivity index (χ1v) is 8.67. The van der Waals surface area contributed by atoms with Gasteiger partial charge in [0.25, 0.3) is 0 Å². The van der Waals surface area contributed by atoms with Crippen molar-refractivity contribution >= 4 is 17.5 Å². The molecule has 0 aliphatic rings. The predicted molar refractivity (Wildman–Crippen MR) is 97.2 cm³/mol. The molecule has 130 valence electrons. The lowest BCUT2D eigenvalue weighted by Crippen LogP contribution is -2.34. The van der Waals surface area contributed by atoms with Gasteiger partial charge in [-0.3, -0.25) is 4.79 Å². The molecular weight excluding hydrogens is 324 g/mol. The fourth-order valence-corrected chi connectivity index (χ4v) is 2.80. The van der Waals surface area contributed by atoms with Crippen molar-refractivity contribution in [2.45, 2.75) is 32.9 Å². The molecule has 24 heavy (non-hydrogen) atoms. The number of carbonyl (C=O) groups is 1. The summed E-state index contributed by atoms with van der Waals surface area (Å²) in [6.45, 7) is 4.27. The number of amides is 1. The highest BCUT2D eigenvalue weighted by molar-refractivity contribution is 6.31. The van der Waals surface area contributed by atoms with Crippen molar-refractivity contribution in [3.05, 3.63) is 58.9 Å². The van der Waals surface area contributed by atoms with E-state index in [9.17, 15) is 4.79 Å². The molecule has 0 unspecified atom stereocenters. The van der Waals surface area contributed by atoms with Gasteiger partial charge in [-0.15, -0.1) is 0 Å². The van der Waals surface area contributed by atoms with Crippen LogP contribution in [0.5, 0.6) is 0 Å². The van der Waals surface area contributed by atoms with Crippen LogP contribution in [0.4, 0.5) is 0 Å². The van der Waals surface area contributed by atoms with E-state index in [0.717, 1.165) is 35.7 Å². The molecule has 0 bridgehead atoms. The number of hydrogen-bond donors (Lipinski definition) is 0. The molecular formula is C19H25ClN2O2. The average molecular weight is 349 g/mol. The van der Waals surface area contributed by atoms with Crippen LogP contribution in [0.25, 0.3) is 0 Å². The summed E-state index contributed by atoms with van der Waals surface area (Å²) in [5.74, 6) is 0.0245. The van der Waals surface area contributed by atoms with Gasteiger partial charge < -0.3 is 14.2 Å². The quantitative estimate of drug-likeness (QED) is 0.687. The van der Waals surface area contributed by atoms with E-state index in [4.69, 9.17) is 16.3 Å². The summed E-state index contributed by atoms with van der Waals surface area (Å²) in [6, 6.07) is 11.9. The number of nitrogens with zero attached hydrogens (tertiary/aromatic N) is 2. The highest BCUT2D eigenvalue weighted by atomic mass is 35.5. The molecule has 0 atom stereocenters. The first kappa shape index (κ1) is 18.6. The van der Waals surface area contributed by atoms with Crippen molar-refractivity contribution in [3.8, 4) is 0 Å². The highest BCUT2D eigenvalue weighted by Crippen LogP contribution is 2.18. The fraction of sp³-hybridized carbons (Fsp3) is 0.421. The Morgan fingerprint density at radius 2 is 2.04 bits per heavy atom. The van der Waals surface area contributed by atoms with Crippen molar-refractivity contribution in [1.29, 1.82) is 0 Å². The maximum Gasteiger partial charge on any atom is 0.248 e. The van der Waals surface area contributed by atoms with Crippen molar-refractivity contribution in [2.24, 2.45) is 0 Å². The first-order valence-electron chi connectivity index (χ1n) is 8.29. The smallest absolute Gasteiger partial charge is 0.248 e. The van der Waals surface area contributed by atoms with Gasteiger partial charge in [-0.05, 0) is 30.2 Å². The van der Waals surface area contributed by atoms with Gasteiger partial charge >= 0.3 is 0 Å². The van der Waals surface area contributed by atoms with Crippen LogP contribution in [-0.2, 0) is 22.6 Å². The second-order valence-corrected chi connectivity index (χ2v) is 6.23. The molecule has 1 aromatic carbocycles. The average Bonchev–Trinajstić information content (AvgIpc) is 3.00. The van der Waals surface area contributed by atoms with Gasteiger partial charge in [0, 0.05) is 37.1 Å². The second kappa shape index (κ2) is 9.50. The third-order valence-corrected chi connectivity index (χ3v) is 4.35. The molecule has 4 nitrogen and oxygen atoms in total. The molecule has 0 saturated heterocycles. The monoisotopic (exact) mass is 348 g/mol. The predicted octanol–water partition coefficient (Wildman–Crippen LogP) is 3.96. The summed E-state index contributed by atoms with van der Waals surface area (Å²) in [5.41, 5.74) is 2.16. The molecule has 0 aliphatic carbocycles. The van der Waals surface area contributed by atoms with Gasteiger partial charge in [0.05, 0.1) is 6.54 Å². The van der Waals surface area contributed by atoms with Crippen molar-refractivity contribution in [2.75, 3.05) is 20.3 Å². The normalized spacial score (nSPS) is 10.8. The van der Waals surface area contributed by atoms with Gasteiger partial charge in [-0.25, -0.2) is 0 Å². The van der Waals surface area contributed by atoms with E-state index in [2.05, 4.69) is 17.6 Å². The SMILES string of the molecule is CCCCN(Cc1cccn1Cc1ccccc1Cl)C(=O)COC. The van der Waals surface area contributed by atoms with Gasteiger partial charge in [0.15, 0.2) is 0 Å². The first-order chi connectivity index (χ1) is 11.7. The minimum absolute atomic E-state index is 0.0245. The lowest BCUT2D eigenvalue weighted by atomic mass is 10.2. The third kappa shape index (κ3) is 5.11. The maximum atomic E-state index is 12.3. The number of carbonyl (C=O) groups excluding carboxylic acids is 1. The number of unbranched alkanes of at least 4 members (excludes halogenated alkanes) is 1. The Balaban J connectivity index is 2.12. The van der Waals surface area contributed by atoms with Crippen LogP contribution < -0.4 is 0 Å². The van der Waals surface area contributed by atoms with Crippen LogP contribution in [0.3, 0.4) is 0 Å². The molecule has 1 aromatic heterocycles. The van der Waals surface area contributed by atoms with E-state index in [1.807, 2.05) is 41.4 Å². The molecule has 5 heteroatoms. The number of methoxy groups -OCH3 is 1. The lowest BCUT2D eigenvalue weighted by Gasteiger charge is -2.23. The molecule has 2 aromatic rings. The van der Waals surface area contributed by atoms with Crippen LogP contribution in [0, 0.1) is 0 Å². The number of hydrogen-bond acceptors (Lipinski definition) is 2. The molecule has 0 radical (unpaired) electrons. The Hall–Kier alpha value is -1.78. The molecule has 0 saturated carbocycles. The third-order valence-electron chi connectivity index (χ3n) is 3.98. The standard InChI is InChI=1S/C19H25ClN2O2/c1-3-4-11-22(19(23)15-24-2)14-17-9-7-12-21(17)13-16-8-5-6-10-18(16)20/h5-10,12H,3-4,11,13-15H2,1-2H3. The van der Waals surface area contributed by atoms with Crippen molar-refractivity contribution < 1.29 is 9.53 Å². The summed E-state index contributed by atoms with van der Waals surface area (Å²) in [4.78, 5) is 14.1. The largest absolute Gasteiger partial charge is 0.375 e. The minimum atomic E-state index is 0.0245. The topological polar surface area (TPSA) is 34.5 Å². The summed E-state index contributed by atoms with van der Waals surface area (Å²) >= 11 is 6.27. The molecule has 0 N–H and O–H groups in total. The molecule has 0 aliphatic heterocycles. The Labute approximate surface area is 149 Å². The minimum Gasteiger partial charge on any atom is -0.375 e. The molecule has 0 fully saturated rings. The second-order valence-electron chi connectivity index (χ2n) is 5.82. The number of ether oxygens (including phenoxy) is 1. The van der Waals surface area contributed by atoms with E-state index in [-0.39, 0.29) is 12.5 Å². The Morgan fingerprint density at radius 3 is 2.75 bits per heavy atom. The maximum absolute atomic E-state index is 12.3. The van der Waals surface area contributed by atoms with E-state index in [1.165, 1.54) is 0 Å². The van der Waals surface area contributed by atoms with Crippen LogP contribution in [0.1, 0.15) is 31.0 Å². The summed E-state index contributed by atoms with van der Waals surface area (Å²) < 4.78 is 7.15. The van der Waals surface area contributed by atoms with Crippen LogP contribution in [0.2, 0.25) is 5.02 Å². The van der Waals surface area contributed by atoms with E-state index < -0.39 is 0 Å². The summed E-state index contributed by atoms with van der Waals surface area (Å²) in [6.07, 6.45) is 4.07. The number of rotatable bonds is 9. The van der Waals surface area contributed by atoms with E-state index in [1.54, 1.807) is 7.11 Å². The molecule has 1 heterocycles. The zero-order chi connectivity index (χ0) is 17.4. The van der Waals surface area contributed by atoms with E-state index >= 15 is 0 Å². The van der Waals surface area contributed by atoms with Crippen LogP contribution in [0.15, 0.2) is 42.6 Å². The van der Waals surface area contributed by atoms with Gasteiger partial charge in [0.1, 0.15) is 6.61 Å². The van der Waals surface area contributed by atoms with Gasteiger partial charge in [0.2, 0.25) is 5.91 Å². The van der Waals surface area contributed by atoms with Crippen LogP contribution in [-0.4, -0.2) is 35.6 Å². The Kier molecular flexibility index (Phi) is 7.35. The van der Waals surface area contributed by atoms with Gasteiger partial charge in [-0.2, -0.15) is 0 Å². The zero-order valence-corrected chi connectivity index (χ0v) is 15.1. The molecule has 1 amide bonds. The fourth-order valence-electron chi connectivity index (χ4n) is 2.61. The summed E-state index contributed by atoms with van der Waals surface area (Å²) in [5, 5.41) is 0.760. The van der Waals surface area contributed by atoms with Crippen molar-refractivity contribution in [3.63, 3.8) is 0 Å². The lowest BCUT2D eigenvalue weighted by molar-refractivity contribution is -0.135. The van der Waals surface area contributed by atoms with Gasteiger partial charge in [-0.1, -0.05) is 43.1 Å². The highest BCUT2D eigenvalue weighted by Gasteiger charge is 2.15. The number of halogens is 1. The Morgan fingerprint density at radius 1 is 1.25 bits per heavy atom. The summed E-state index contributed by atoms with van der Waals surface area (Å²) in [7, 11) is 1.55. The zero-order valence-electron chi connectivity index (χ0n) is 14.4.